The van der Waals surface area contributed by atoms with Gasteiger partial charge in [0.2, 0.25) is 10.0 Å². The molecule has 8 heteroatoms. The SMILES string of the molecule is Cc1nn(CCO)c(C)c1CNCC1CCN(S(=O)(=O)c2ccccc2)CC1. The van der Waals surface area contributed by atoms with Crippen LogP contribution in [-0.4, -0.2) is 53.9 Å². The predicted octanol–water partition coefficient (Wildman–Crippen LogP) is 1.68. The van der Waals surface area contributed by atoms with E-state index in [1.165, 1.54) is 5.56 Å². The Balaban J connectivity index is 1.49. The predicted molar refractivity (Wildman–Crippen MR) is 108 cm³/mol. The summed E-state index contributed by atoms with van der Waals surface area (Å²) in [5, 5.41) is 17.1. The molecular formula is C20H30N4O3S. The zero-order valence-corrected chi connectivity index (χ0v) is 17.5. The number of sulfonamides is 1. The molecule has 2 aromatic rings. The molecule has 0 atom stereocenters. The number of nitrogens with one attached hydrogen (secondary N) is 1. The van der Waals surface area contributed by atoms with Gasteiger partial charge in [0.25, 0.3) is 0 Å². The van der Waals surface area contributed by atoms with Crippen LogP contribution in [0, 0.1) is 19.8 Å². The highest BCUT2D eigenvalue weighted by Crippen LogP contribution is 2.23. The van der Waals surface area contributed by atoms with E-state index in [1.807, 2.05) is 24.6 Å². The molecule has 3 rings (SSSR count). The Kier molecular flexibility index (Phi) is 6.87. The van der Waals surface area contributed by atoms with Crippen LogP contribution in [-0.2, 0) is 23.1 Å². The van der Waals surface area contributed by atoms with Crippen LogP contribution in [0.3, 0.4) is 0 Å². The monoisotopic (exact) mass is 406 g/mol. The van der Waals surface area contributed by atoms with Gasteiger partial charge in [-0.05, 0) is 51.3 Å². The zero-order chi connectivity index (χ0) is 20.1. The van der Waals surface area contributed by atoms with Crippen molar-refractivity contribution in [2.75, 3.05) is 26.2 Å². The van der Waals surface area contributed by atoms with E-state index in [-0.39, 0.29) is 6.61 Å². The second-order valence-electron chi connectivity index (χ2n) is 7.39. The van der Waals surface area contributed by atoms with Crippen molar-refractivity contribution in [2.45, 2.75) is 44.7 Å². The average molecular weight is 407 g/mol. The molecule has 28 heavy (non-hydrogen) atoms. The van der Waals surface area contributed by atoms with Crippen LogP contribution in [0.5, 0.6) is 0 Å². The van der Waals surface area contributed by atoms with Gasteiger partial charge in [-0.2, -0.15) is 9.40 Å². The summed E-state index contributed by atoms with van der Waals surface area (Å²) >= 11 is 0. The molecule has 1 aliphatic rings. The van der Waals surface area contributed by atoms with Crippen molar-refractivity contribution in [1.82, 2.24) is 19.4 Å². The third-order valence-electron chi connectivity index (χ3n) is 5.53. The smallest absolute Gasteiger partial charge is 0.243 e. The molecule has 0 aliphatic carbocycles. The maximum atomic E-state index is 12.7. The zero-order valence-electron chi connectivity index (χ0n) is 16.6. The number of aryl methyl sites for hydroxylation is 1. The Morgan fingerprint density at radius 3 is 2.50 bits per heavy atom. The summed E-state index contributed by atoms with van der Waals surface area (Å²) < 4.78 is 28.9. The standard InChI is InChI=1S/C20H30N4O3S/c1-16-20(17(2)24(22-16)12-13-25)15-21-14-18-8-10-23(11-9-18)28(26,27)19-6-4-3-5-7-19/h3-7,18,21,25H,8-15H2,1-2H3. The summed E-state index contributed by atoms with van der Waals surface area (Å²) in [4.78, 5) is 0.373. The molecule has 7 nitrogen and oxygen atoms in total. The van der Waals surface area contributed by atoms with Crippen molar-refractivity contribution in [3.63, 3.8) is 0 Å². The average Bonchev–Trinajstić information content (AvgIpc) is 2.97. The normalized spacial score (nSPS) is 16.5. The molecule has 0 radical (unpaired) electrons. The van der Waals surface area contributed by atoms with Crippen LogP contribution >= 0.6 is 0 Å². The summed E-state index contributed by atoms with van der Waals surface area (Å²) in [6.45, 7) is 7.35. The van der Waals surface area contributed by atoms with Crippen molar-refractivity contribution in [3.05, 3.63) is 47.3 Å². The third-order valence-corrected chi connectivity index (χ3v) is 7.45. The fourth-order valence-electron chi connectivity index (χ4n) is 3.80. The quantitative estimate of drug-likeness (QED) is 0.697. The van der Waals surface area contributed by atoms with Crippen LogP contribution in [0.1, 0.15) is 29.8 Å². The summed E-state index contributed by atoms with van der Waals surface area (Å²) in [7, 11) is -3.38. The van der Waals surface area contributed by atoms with Crippen molar-refractivity contribution in [1.29, 1.82) is 0 Å². The van der Waals surface area contributed by atoms with E-state index in [0.29, 0.717) is 30.4 Å². The van der Waals surface area contributed by atoms with Crippen LogP contribution in [0.25, 0.3) is 0 Å². The van der Waals surface area contributed by atoms with Gasteiger partial charge >= 0.3 is 0 Å². The number of hydrogen-bond donors (Lipinski definition) is 2. The Labute approximate surface area is 167 Å². The highest BCUT2D eigenvalue weighted by molar-refractivity contribution is 7.89. The van der Waals surface area contributed by atoms with Gasteiger partial charge in [-0.1, -0.05) is 18.2 Å². The topological polar surface area (TPSA) is 87.5 Å². The molecule has 1 aromatic carbocycles. The maximum absolute atomic E-state index is 12.7. The molecule has 0 amide bonds. The third kappa shape index (κ3) is 4.63. The minimum atomic E-state index is -3.38. The van der Waals surface area contributed by atoms with E-state index >= 15 is 0 Å². The Morgan fingerprint density at radius 1 is 1.18 bits per heavy atom. The first-order valence-electron chi connectivity index (χ1n) is 9.83. The molecule has 2 N–H and O–H groups in total. The second kappa shape index (κ2) is 9.17. The van der Waals surface area contributed by atoms with E-state index in [1.54, 1.807) is 28.6 Å². The minimum Gasteiger partial charge on any atom is -0.394 e. The highest BCUT2D eigenvalue weighted by Gasteiger charge is 2.29. The van der Waals surface area contributed by atoms with Gasteiger partial charge in [0.15, 0.2) is 0 Å². The molecule has 2 heterocycles. The molecule has 1 aromatic heterocycles. The molecule has 1 saturated heterocycles. The molecule has 1 fully saturated rings. The van der Waals surface area contributed by atoms with Gasteiger partial charge in [-0.25, -0.2) is 8.42 Å². The molecule has 0 saturated carbocycles. The lowest BCUT2D eigenvalue weighted by molar-refractivity contribution is 0.266. The van der Waals surface area contributed by atoms with E-state index in [0.717, 1.165) is 37.3 Å². The van der Waals surface area contributed by atoms with Crippen LogP contribution < -0.4 is 5.32 Å². The largest absolute Gasteiger partial charge is 0.394 e. The molecule has 0 unspecified atom stereocenters. The molecule has 0 bridgehead atoms. The summed E-state index contributed by atoms with van der Waals surface area (Å²) in [6.07, 6.45) is 1.72. The summed E-state index contributed by atoms with van der Waals surface area (Å²) in [5.41, 5.74) is 3.25. The maximum Gasteiger partial charge on any atom is 0.243 e. The molecular weight excluding hydrogens is 376 g/mol. The van der Waals surface area contributed by atoms with E-state index < -0.39 is 10.0 Å². The number of piperidine rings is 1. The molecule has 1 aliphatic heterocycles. The van der Waals surface area contributed by atoms with Crippen LogP contribution in [0.2, 0.25) is 0 Å². The van der Waals surface area contributed by atoms with Crippen molar-refractivity contribution < 1.29 is 13.5 Å². The minimum absolute atomic E-state index is 0.0826. The van der Waals surface area contributed by atoms with Crippen molar-refractivity contribution >= 4 is 10.0 Å². The Morgan fingerprint density at radius 2 is 1.86 bits per heavy atom. The van der Waals surface area contributed by atoms with Crippen molar-refractivity contribution in [2.24, 2.45) is 5.92 Å². The fourth-order valence-corrected chi connectivity index (χ4v) is 5.29. The lowest BCUT2D eigenvalue weighted by atomic mass is 9.98. The number of benzene rings is 1. The Bertz CT molecular complexity index is 872. The van der Waals surface area contributed by atoms with Gasteiger partial charge in [0.05, 0.1) is 23.7 Å². The molecule has 154 valence electrons. The van der Waals surface area contributed by atoms with Crippen LogP contribution in [0.4, 0.5) is 0 Å². The fraction of sp³-hybridized carbons (Fsp3) is 0.550. The van der Waals surface area contributed by atoms with Gasteiger partial charge in [-0.15, -0.1) is 0 Å². The summed E-state index contributed by atoms with van der Waals surface area (Å²) in [6, 6.07) is 8.66. The lowest BCUT2D eigenvalue weighted by Gasteiger charge is -2.31. The second-order valence-corrected chi connectivity index (χ2v) is 9.33. The first-order valence-corrected chi connectivity index (χ1v) is 11.3. The van der Waals surface area contributed by atoms with Gasteiger partial charge in [0.1, 0.15) is 0 Å². The van der Waals surface area contributed by atoms with Crippen LogP contribution in [0.15, 0.2) is 35.2 Å². The number of hydrogen-bond acceptors (Lipinski definition) is 5. The number of aromatic nitrogens is 2. The number of nitrogens with zero attached hydrogens (tertiary/aromatic N) is 3. The number of aliphatic hydroxyl groups is 1. The van der Waals surface area contributed by atoms with E-state index in [9.17, 15) is 8.42 Å². The van der Waals surface area contributed by atoms with Gasteiger partial charge in [0, 0.05) is 30.9 Å². The van der Waals surface area contributed by atoms with E-state index in [2.05, 4.69) is 10.4 Å². The first kappa shape index (κ1) is 21.0. The number of rotatable bonds is 8. The van der Waals surface area contributed by atoms with E-state index in [4.69, 9.17) is 5.11 Å². The highest BCUT2D eigenvalue weighted by atomic mass is 32.2. The molecule has 0 spiro atoms. The van der Waals surface area contributed by atoms with Gasteiger partial charge in [-0.3, -0.25) is 4.68 Å². The Hall–Kier alpha value is -1.74. The number of aliphatic hydroxyl groups excluding tert-OH is 1. The summed E-state index contributed by atoms with van der Waals surface area (Å²) in [5.74, 6) is 0.468. The first-order chi connectivity index (χ1) is 13.4. The van der Waals surface area contributed by atoms with Gasteiger partial charge < -0.3 is 10.4 Å². The lowest BCUT2D eigenvalue weighted by Crippen LogP contribution is -2.40. The van der Waals surface area contributed by atoms with Crippen molar-refractivity contribution in [3.8, 4) is 0 Å².